The molecule has 0 saturated heterocycles. The van der Waals surface area contributed by atoms with Gasteiger partial charge in [0.25, 0.3) is 5.91 Å². The van der Waals surface area contributed by atoms with Gasteiger partial charge in [-0.3, -0.25) is 4.79 Å². The minimum Gasteiger partial charge on any atom is -0.480 e. The second kappa shape index (κ2) is 8.23. The molecule has 0 aliphatic carbocycles. The van der Waals surface area contributed by atoms with Gasteiger partial charge in [-0.15, -0.1) is 0 Å². The van der Waals surface area contributed by atoms with Crippen LogP contribution in [-0.2, 0) is 0 Å². The third-order valence-corrected chi connectivity index (χ3v) is 2.91. The van der Waals surface area contributed by atoms with Crippen molar-refractivity contribution in [3.63, 3.8) is 0 Å². The Morgan fingerprint density at radius 3 is 2.17 bits per heavy atom. The van der Waals surface area contributed by atoms with Gasteiger partial charge in [-0.25, -0.2) is 9.66 Å². The Labute approximate surface area is 134 Å². The van der Waals surface area contributed by atoms with Gasteiger partial charge in [0.1, 0.15) is 6.33 Å². The maximum atomic E-state index is 11.7. The lowest BCUT2D eigenvalue weighted by Gasteiger charge is -2.03. The fourth-order valence-electron chi connectivity index (χ4n) is 1.76. The molecular formula is C17H18N4O2. The zero-order valence-corrected chi connectivity index (χ0v) is 12.7. The van der Waals surface area contributed by atoms with Crippen LogP contribution in [0.15, 0.2) is 73.2 Å². The van der Waals surface area contributed by atoms with E-state index in [4.69, 9.17) is 10.6 Å². The largest absolute Gasteiger partial charge is 0.480 e. The molecule has 1 amide bonds. The number of benzene rings is 2. The smallest absolute Gasteiger partial charge is 0.255 e. The number of aromatic nitrogens is 2. The zero-order valence-electron chi connectivity index (χ0n) is 12.7. The summed E-state index contributed by atoms with van der Waals surface area (Å²) in [6.45, 7) is 0. The van der Waals surface area contributed by atoms with Crippen molar-refractivity contribution in [2.45, 2.75) is 0 Å². The number of para-hydroxylation sites is 1. The van der Waals surface area contributed by atoms with Crippen LogP contribution in [0, 0.1) is 0 Å². The standard InChI is InChI=1S/C13H11NO.C4H7N3O/c15-13(11-7-3-1-4-8-11)14-12-9-5-2-6-10-12;1-8-4-2-6-3-7(4)5/h1-10H,(H,14,15);2-3H,5H2,1H3. The molecule has 1 heterocycles. The van der Waals surface area contributed by atoms with Gasteiger partial charge in [-0.2, -0.15) is 0 Å². The highest BCUT2D eigenvalue weighted by Crippen LogP contribution is 2.08. The van der Waals surface area contributed by atoms with Gasteiger partial charge in [-0.05, 0) is 24.3 Å². The fourth-order valence-corrected chi connectivity index (χ4v) is 1.76. The molecule has 0 aliphatic rings. The predicted octanol–water partition coefficient (Wildman–Crippen LogP) is 2.54. The third kappa shape index (κ3) is 4.89. The normalized spacial score (nSPS) is 9.43. The number of nitrogens with one attached hydrogen (secondary N) is 1. The Bertz CT molecular complexity index is 727. The maximum absolute atomic E-state index is 11.7. The van der Waals surface area contributed by atoms with Crippen LogP contribution < -0.4 is 15.9 Å². The highest BCUT2D eigenvalue weighted by atomic mass is 16.5. The van der Waals surface area contributed by atoms with Crippen LogP contribution in [0.2, 0.25) is 0 Å². The Hall–Kier alpha value is -3.28. The van der Waals surface area contributed by atoms with E-state index in [1.54, 1.807) is 25.4 Å². The molecule has 3 rings (SSSR count). The minimum absolute atomic E-state index is 0.0817. The van der Waals surface area contributed by atoms with Crippen molar-refractivity contribution in [1.29, 1.82) is 0 Å². The molecule has 0 fully saturated rings. The number of methoxy groups -OCH3 is 1. The quantitative estimate of drug-likeness (QED) is 0.728. The van der Waals surface area contributed by atoms with E-state index in [-0.39, 0.29) is 5.91 Å². The van der Waals surface area contributed by atoms with Crippen LogP contribution in [0.3, 0.4) is 0 Å². The van der Waals surface area contributed by atoms with Crippen LogP contribution in [0.4, 0.5) is 5.69 Å². The van der Waals surface area contributed by atoms with Crippen molar-refractivity contribution in [1.82, 2.24) is 9.66 Å². The van der Waals surface area contributed by atoms with E-state index in [2.05, 4.69) is 10.3 Å². The van der Waals surface area contributed by atoms with Crippen molar-refractivity contribution in [2.75, 3.05) is 18.3 Å². The number of ether oxygens (including phenoxy) is 1. The average Bonchev–Trinajstić information content (AvgIpc) is 3.02. The molecule has 0 saturated carbocycles. The summed E-state index contributed by atoms with van der Waals surface area (Å²) in [5.74, 6) is 5.76. The van der Waals surface area contributed by atoms with E-state index >= 15 is 0 Å². The van der Waals surface area contributed by atoms with Gasteiger partial charge in [-0.1, -0.05) is 36.4 Å². The molecule has 0 unspecified atom stereocenters. The number of hydrogen-bond donors (Lipinski definition) is 2. The van der Waals surface area contributed by atoms with Crippen LogP contribution >= 0.6 is 0 Å². The van der Waals surface area contributed by atoms with Gasteiger partial charge >= 0.3 is 0 Å². The Kier molecular flexibility index (Phi) is 5.76. The molecule has 3 N–H and O–H groups in total. The zero-order chi connectivity index (χ0) is 16.5. The van der Waals surface area contributed by atoms with Crippen LogP contribution in [0.5, 0.6) is 5.88 Å². The number of nitrogens with zero attached hydrogens (tertiary/aromatic N) is 2. The first-order chi connectivity index (χ1) is 11.2. The van der Waals surface area contributed by atoms with Gasteiger partial charge < -0.3 is 15.9 Å². The molecule has 2 aromatic carbocycles. The number of rotatable bonds is 3. The van der Waals surface area contributed by atoms with Crippen molar-refractivity contribution < 1.29 is 9.53 Å². The monoisotopic (exact) mass is 310 g/mol. The number of nitrogens with two attached hydrogens (primary N) is 1. The van der Waals surface area contributed by atoms with Crippen LogP contribution in [0.25, 0.3) is 0 Å². The topological polar surface area (TPSA) is 82.2 Å². The SMILES string of the molecule is COc1cncn1N.O=C(Nc1ccccc1)c1ccccc1. The molecular weight excluding hydrogens is 292 g/mol. The van der Waals surface area contributed by atoms with E-state index in [0.717, 1.165) is 5.69 Å². The van der Waals surface area contributed by atoms with E-state index in [1.807, 2.05) is 48.5 Å². The van der Waals surface area contributed by atoms with E-state index in [9.17, 15) is 4.79 Å². The second-order valence-corrected chi connectivity index (χ2v) is 4.53. The van der Waals surface area contributed by atoms with Gasteiger partial charge in [0, 0.05) is 11.3 Å². The molecule has 0 radical (unpaired) electrons. The number of imidazole rings is 1. The summed E-state index contributed by atoms with van der Waals surface area (Å²) in [5, 5.41) is 2.82. The second-order valence-electron chi connectivity index (χ2n) is 4.53. The summed E-state index contributed by atoms with van der Waals surface area (Å²) in [6.07, 6.45) is 3.01. The van der Waals surface area contributed by atoms with Crippen molar-refractivity contribution in [2.24, 2.45) is 0 Å². The molecule has 0 atom stereocenters. The number of amides is 1. The van der Waals surface area contributed by atoms with Crippen LogP contribution in [0.1, 0.15) is 10.4 Å². The van der Waals surface area contributed by atoms with E-state index in [1.165, 1.54) is 11.0 Å². The number of carbonyl (C=O) groups is 1. The summed E-state index contributed by atoms with van der Waals surface area (Å²) < 4.78 is 6.07. The number of carbonyl (C=O) groups excluding carboxylic acids is 1. The molecule has 0 bridgehead atoms. The highest BCUT2D eigenvalue weighted by Gasteiger charge is 2.03. The number of anilines is 1. The van der Waals surface area contributed by atoms with Crippen molar-refractivity contribution in [3.05, 3.63) is 78.8 Å². The molecule has 0 aliphatic heterocycles. The summed E-state index contributed by atoms with van der Waals surface area (Å²) >= 11 is 0. The van der Waals surface area contributed by atoms with Crippen molar-refractivity contribution in [3.8, 4) is 5.88 Å². The highest BCUT2D eigenvalue weighted by molar-refractivity contribution is 6.04. The lowest BCUT2D eigenvalue weighted by atomic mass is 10.2. The van der Waals surface area contributed by atoms with E-state index in [0.29, 0.717) is 11.4 Å². The first-order valence-electron chi connectivity index (χ1n) is 6.93. The predicted molar refractivity (Wildman–Crippen MR) is 89.8 cm³/mol. The summed E-state index contributed by atoms with van der Waals surface area (Å²) in [6, 6.07) is 18.6. The van der Waals surface area contributed by atoms with Gasteiger partial charge in [0.2, 0.25) is 5.88 Å². The summed E-state index contributed by atoms with van der Waals surface area (Å²) in [7, 11) is 1.54. The number of hydrogen-bond acceptors (Lipinski definition) is 4. The third-order valence-electron chi connectivity index (χ3n) is 2.91. The summed E-state index contributed by atoms with van der Waals surface area (Å²) in [4.78, 5) is 15.4. The molecule has 23 heavy (non-hydrogen) atoms. The first kappa shape index (κ1) is 16.1. The van der Waals surface area contributed by atoms with Gasteiger partial charge in [0.15, 0.2) is 0 Å². The molecule has 3 aromatic rings. The summed E-state index contributed by atoms with van der Waals surface area (Å²) in [5.41, 5.74) is 1.48. The van der Waals surface area contributed by atoms with Crippen molar-refractivity contribution >= 4 is 11.6 Å². The molecule has 118 valence electrons. The Balaban J connectivity index is 0.000000203. The minimum atomic E-state index is -0.0817. The molecule has 6 nitrogen and oxygen atoms in total. The lowest BCUT2D eigenvalue weighted by Crippen LogP contribution is -2.11. The van der Waals surface area contributed by atoms with Gasteiger partial charge in [0.05, 0.1) is 13.3 Å². The van der Waals surface area contributed by atoms with E-state index < -0.39 is 0 Å². The maximum Gasteiger partial charge on any atom is 0.255 e. The molecule has 0 spiro atoms. The fraction of sp³-hybridized carbons (Fsp3) is 0.0588. The molecule has 6 heteroatoms. The molecule has 1 aromatic heterocycles. The number of nitrogen functional groups attached to an aromatic ring is 1. The Morgan fingerprint density at radius 1 is 1.09 bits per heavy atom. The van der Waals surface area contributed by atoms with Crippen LogP contribution in [-0.4, -0.2) is 22.7 Å². The first-order valence-corrected chi connectivity index (χ1v) is 6.93. The lowest BCUT2D eigenvalue weighted by molar-refractivity contribution is 0.102. The average molecular weight is 310 g/mol. The Morgan fingerprint density at radius 2 is 1.70 bits per heavy atom.